The standard InChI is InChI=1S/C18H10F4N4O/c19-12-2-1-3-13(20)11(12)9-26-15-4-5-25(18(27)10(15)7-24-26)16-6-17(22)23-8-14(16)21/h1-8H,9H2. The van der Waals surface area contributed by atoms with Crippen LogP contribution >= 0.6 is 0 Å². The Morgan fingerprint density at radius 1 is 0.963 bits per heavy atom. The summed E-state index contributed by atoms with van der Waals surface area (Å²) in [6, 6.07) is 5.72. The predicted molar refractivity (Wildman–Crippen MR) is 88.5 cm³/mol. The highest BCUT2D eigenvalue weighted by Crippen LogP contribution is 2.18. The maximum absolute atomic E-state index is 13.9. The second kappa shape index (κ2) is 6.35. The average molecular weight is 374 g/mol. The SMILES string of the molecule is O=c1c2cnn(Cc3c(F)cccc3F)c2ccn1-c1cc(F)ncc1F. The second-order valence-electron chi connectivity index (χ2n) is 5.75. The van der Waals surface area contributed by atoms with Crippen molar-refractivity contribution in [2.45, 2.75) is 6.54 Å². The highest BCUT2D eigenvalue weighted by atomic mass is 19.1. The Morgan fingerprint density at radius 3 is 2.44 bits per heavy atom. The van der Waals surface area contributed by atoms with Crippen LogP contribution in [0, 0.1) is 23.4 Å². The Bertz CT molecular complexity index is 1210. The molecule has 0 aliphatic carbocycles. The number of nitrogens with zero attached hydrogens (tertiary/aromatic N) is 4. The summed E-state index contributed by atoms with van der Waals surface area (Å²) in [5.41, 5.74) is -0.859. The number of fused-ring (bicyclic) bond motifs is 1. The van der Waals surface area contributed by atoms with Crippen molar-refractivity contribution in [3.8, 4) is 5.69 Å². The van der Waals surface area contributed by atoms with Gasteiger partial charge in [0, 0.05) is 17.8 Å². The maximum Gasteiger partial charge on any atom is 0.266 e. The molecule has 136 valence electrons. The zero-order chi connectivity index (χ0) is 19.1. The molecular weight excluding hydrogens is 364 g/mol. The Labute approximate surface area is 149 Å². The van der Waals surface area contributed by atoms with Crippen molar-refractivity contribution in [1.82, 2.24) is 19.3 Å². The minimum atomic E-state index is -0.941. The topological polar surface area (TPSA) is 52.7 Å². The molecule has 0 fully saturated rings. The maximum atomic E-state index is 13.9. The molecule has 0 N–H and O–H groups in total. The van der Waals surface area contributed by atoms with E-state index in [9.17, 15) is 22.4 Å². The first kappa shape index (κ1) is 17.0. The minimum Gasteiger partial charge on any atom is -0.280 e. The van der Waals surface area contributed by atoms with Gasteiger partial charge in [-0.25, -0.2) is 18.2 Å². The molecule has 0 bridgehead atoms. The molecule has 9 heteroatoms. The molecule has 4 aromatic rings. The molecule has 0 saturated heterocycles. The van der Waals surface area contributed by atoms with E-state index >= 15 is 0 Å². The van der Waals surface area contributed by atoms with Gasteiger partial charge >= 0.3 is 0 Å². The van der Waals surface area contributed by atoms with Crippen LogP contribution in [0.25, 0.3) is 16.6 Å². The first-order valence-corrected chi connectivity index (χ1v) is 7.77. The third-order valence-corrected chi connectivity index (χ3v) is 4.14. The highest BCUT2D eigenvalue weighted by Gasteiger charge is 2.15. The van der Waals surface area contributed by atoms with Crippen LogP contribution in [0.1, 0.15) is 5.56 Å². The van der Waals surface area contributed by atoms with Gasteiger partial charge in [-0.2, -0.15) is 9.49 Å². The van der Waals surface area contributed by atoms with E-state index in [1.807, 2.05) is 0 Å². The molecule has 0 aliphatic rings. The molecule has 4 rings (SSSR count). The van der Waals surface area contributed by atoms with Gasteiger partial charge in [0.15, 0.2) is 5.82 Å². The predicted octanol–water partition coefficient (Wildman–Crippen LogP) is 3.19. The number of benzene rings is 1. The largest absolute Gasteiger partial charge is 0.280 e. The number of pyridine rings is 2. The van der Waals surface area contributed by atoms with Crippen LogP contribution in [-0.2, 0) is 6.54 Å². The lowest BCUT2D eigenvalue weighted by Gasteiger charge is -2.09. The van der Waals surface area contributed by atoms with Crippen LogP contribution in [0.3, 0.4) is 0 Å². The van der Waals surface area contributed by atoms with E-state index in [-0.39, 0.29) is 23.2 Å². The zero-order valence-corrected chi connectivity index (χ0v) is 13.5. The molecule has 0 aliphatic heterocycles. The summed E-state index contributed by atoms with van der Waals surface area (Å²) in [5, 5.41) is 4.09. The van der Waals surface area contributed by atoms with Crippen molar-refractivity contribution < 1.29 is 17.6 Å². The summed E-state index contributed by atoms with van der Waals surface area (Å²) in [5.74, 6) is -3.29. The number of rotatable bonds is 3. The average Bonchev–Trinajstić information content (AvgIpc) is 3.05. The fourth-order valence-electron chi connectivity index (χ4n) is 2.81. The van der Waals surface area contributed by atoms with Gasteiger partial charge in [-0.15, -0.1) is 0 Å². The van der Waals surface area contributed by atoms with Gasteiger partial charge in [0.2, 0.25) is 5.95 Å². The molecule has 27 heavy (non-hydrogen) atoms. The lowest BCUT2D eigenvalue weighted by Crippen LogP contribution is -2.19. The van der Waals surface area contributed by atoms with Crippen LogP contribution in [0.5, 0.6) is 0 Å². The molecule has 1 aromatic carbocycles. The van der Waals surface area contributed by atoms with Crippen molar-refractivity contribution in [3.63, 3.8) is 0 Å². The number of hydrogen-bond acceptors (Lipinski definition) is 3. The number of aromatic nitrogens is 4. The molecule has 0 atom stereocenters. The third-order valence-electron chi connectivity index (χ3n) is 4.14. The van der Waals surface area contributed by atoms with Crippen LogP contribution < -0.4 is 5.56 Å². The third kappa shape index (κ3) is 2.86. The normalized spacial score (nSPS) is 11.3. The van der Waals surface area contributed by atoms with E-state index in [4.69, 9.17) is 0 Å². The van der Waals surface area contributed by atoms with Gasteiger partial charge < -0.3 is 0 Å². The lowest BCUT2D eigenvalue weighted by molar-refractivity contribution is 0.537. The zero-order valence-electron chi connectivity index (χ0n) is 13.5. The smallest absolute Gasteiger partial charge is 0.266 e. The monoisotopic (exact) mass is 374 g/mol. The Kier molecular flexibility index (Phi) is 3.98. The van der Waals surface area contributed by atoms with Gasteiger partial charge in [0.05, 0.1) is 35.5 Å². The van der Waals surface area contributed by atoms with Crippen LogP contribution in [-0.4, -0.2) is 19.3 Å². The summed E-state index contributed by atoms with van der Waals surface area (Å²) >= 11 is 0. The lowest BCUT2D eigenvalue weighted by atomic mass is 10.2. The minimum absolute atomic E-state index is 0.0888. The molecule has 0 saturated carbocycles. The van der Waals surface area contributed by atoms with Gasteiger partial charge in [0.25, 0.3) is 5.56 Å². The van der Waals surface area contributed by atoms with E-state index in [1.165, 1.54) is 29.2 Å². The summed E-state index contributed by atoms with van der Waals surface area (Å²) in [4.78, 5) is 15.8. The molecule has 0 unspecified atom stereocenters. The Morgan fingerprint density at radius 2 is 1.70 bits per heavy atom. The van der Waals surface area contributed by atoms with Gasteiger partial charge in [-0.05, 0) is 18.2 Å². The van der Waals surface area contributed by atoms with Crippen molar-refractivity contribution in [2.24, 2.45) is 0 Å². The van der Waals surface area contributed by atoms with Gasteiger partial charge in [-0.3, -0.25) is 14.0 Å². The van der Waals surface area contributed by atoms with E-state index in [0.29, 0.717) is 11.7 Å². The first-order chi connectivity index (χ1) is 13.0. The van der Waals surface area contributed by atoms with Crippen LogP contribution in [0.15, 0.2) is 53.7 Å². The fourth-order valence-corrected chi connectivity index (χ4v) is 2.81. The molecule has 3 aromatic heterocycles. The van der Waals surface area contributed by atoms with Gasteiger partial charge in [0.1, 0.15) is 11.6 Å². The summed E-state index contributed by atoms with van der Waals surface area (Å²) < 4.78 is 57.1. The molecule has 3 heterocycles. The molecule has 0 spiro atoms. The summed E-state index contributed by atoms with van der Waals surface area (Å²) in [6.07, 6.45) is 3.12. The van der Waals surface area contributed by atoms with E-state index < -0.39 is 29.0 Å². The van der Waals surface area contributed by atoms with Crippen molar-refractivity contribution in [3.05, 3.63) is 88.2 Å². The van der Waals surface area contributed by atoms with Crippen molar-refractivity contribution in [1.29, 1.82) is 0 Å². The van der Waals surface area contributed by atoms with Gasteiger partial charge in [-0.1, -0.05) is 6.07 Å². The number of hydrogen-bond donors (Lipinski definition) is 0. The second-order valence-corrected chi connectivity index (χ2v) is 5.75. The number of halogens is 4. The summed E-state index contributed by atoms with van der Waals surface area (Å²) in [7, 11) is 0. The molecule has 0 amide bonds. The van der Waals surface area contributed by atoms with E-state index in [2.05, 4.69) is 10.1 Å². The van der Waals surface area contributed by atoms with Crippen LogP contribution in [0.4, 0.5) is 17.6 Å². The van der Waals surface area contributed by atoms with E-state index in [1.54, 1.807) is 0 Å². The van der Waals surface area contributed by atoms with Crippen LogP contribution in [0.2, 0.25) is 0 Å². The Hall–Kier alpha value is -3.49. The van der Waals surface area contributed by atoms with Crippen molar-refractivity contribution >= 4 is 10.9 Å². The van der Waals surface area contributed by atoms with E-state index in [0.717, 1.165) is 22.8 Å². The molecular formula is C18H10F4N4O. The Balaban J connectivity index is 1.83. The highest BCUT2D eigenvalue weighted by molar-refractivity contribution is 5.77. The summed E-state index contributed by atoms with van der Waals surface area (Å²) in [6.45, 7) is -0.232. The molecule has 5 nitrogen and oxygen atoms in total. The first-order valence-electron chi connectivity index (χ1n) is 7.77. The quantitative estimate of drug-likeness (QED) is 0.409. The van der Waals surface area contributed by atoms with Crippen molar-refractivity contribution in [2.75, 3.05) is 0 Å². The fraction of sp³-hybridized carbons (Fsp3) is 0.0556. The molecule has 0 radical (unpaired) electrons.